The summed E-state index contributed by atoms with van der Waals surface area (Å²) in [5.74, 6) is 0. The summed E-state index contributed by atoms with van der Waals surface area (Å²) in [4.78, 5) is 14.2. The largest absolute Gasteiger partial charge is 0.449 e. The Morgan fingerprint density at radius 1 is 1.57 bits per heavy atom. The van der Waals surface area contributed by atoms with Gasteiger partial charge in [0.25, 0.3) is 0 Å². The first-order valence-electron chi connectivity index (χ1n) is 4.41. The number of carbonyl (C=O) groups excluding carboxylic acids is 1. The maximum Gasteiger partial charge on any atom is 0.410 e. The second kappa shape index (κ2) is 4.31. The van der Waals surface area contributed by atoms with Gasteiger partial charge in [-0.2, -0.15) is 0 Å². The average Bonchev–Trinajstić information content (AvgIpc) is 2.56. The quantitative estimate of drug-likeness (QED) is 0.831. The molecule has 0 unspecified atom stereocenters. The zero-order valence-corrected chi connectivity index (χ0v) is 9.94. The Kier molecular flexibility index (Phi) is 3.08. The molecule has 0 atom stereocenters. The number of amides is 1. The van der Waals surface area contributed by atoms with E-state index in [2.05, 4.69) is 15.9 Å². The number of carbonyl (C=O) groups is 1. The van der Waals surface area contributed by atoms with Crippen molar-refractivity contribution in [2.45, 2.75) is 13.0 Å². The van der Waals surface area contributed by atoms with Gasteiger partial charge in [-0.1, -0.05) is 0 Å². The molecule has 1 amide bonds. The van der Waals surface area contributed by atoms with Crippen molar-refractivity contribution in [1.82, 2.24) is 4.90 Å². The molecule has 14 heavy (non-hydrogen) atoms. The summed E-state index contributed by atoms with van der Waals surface area (Å²) in [6, 6.07) is 4.02. The molecule has 0 bridgehead atoms. The Labute approximate surface area is 94.8 Å². The van der Waals surface area contributed by atoms with Crippen molar-refractivity contribution in [2.24, 2.45) is 0 Å². The summed E-state index contributed by atoms with van der Waals surface area (Å²) in [7, 11) is 0. The van der Waals surface area contributed by atoms with Crippen LogP contribution in [0.5, 0.6) is 0 Å². The number of rotatable bonds is 2. The molecule has 0 aromatic carbocycles. The Morgan fingerprint density at radius 2 is 2.43 bits per heavy atom. The van der Waals surface area contributed by atoms with Crippen molar-refractivity contribution in [3.8, 4) is 0 Å². The van der Waals surface area contributed by atoms with E-state index < -0.39 is 0 Å². The second-order valence-corrected chi connectivity index (χ2v) is 5.64. The van der Waals surface area contributed by atoms with Gasteiger partial charge in [-0.3, -0.25) is 0 Å². The van der Waals surface area contributed by atoms with E-state index in [1.165, 1.54) is 4.88 Å². The minimum Gasteiger partial charge on any atom is -0.449 e. The van der Waals surface area contributed by atoms with Crippen molar-refractivity contribution in [1.29, 1.82) is 0 Å². The number of halogens is 1. The van der Waals surface area contributed by atoms with Crippen LogP contribution in [0.15, 0.2) is 15.9 Å². The van der Waals surface area contributed by atoms with E-state index in [9.17, 15) is 4.79 Å². The Bertz CT molecular complexity index is 339. The van der Waals surface area contributed by atoms with Gasteiger partial charge in [-0.05, 0) is 34.5 Å². The molecule has 1 fully saturated rings. The first-order valence-corrected chi connectivity index (χ1v) is 6.02. The normalized spacial score (nSPS) is 16.9. The van der Waals surface area contributed by atoms with Gasteiger partial charge in [0.15, 0.2) is 0 Å². The van der Waals surface area contributed by atoms with Gasteiger partial charge in [0.1, 0.15) is 0 Å². The minimum absolute atomic E-state index is 0.194. The molecule has 0 N–H and O–H groups in total. The third kappa shape index (κ3) is 2.27. The molecular weight excluding hydrogens is 266 g/mol. The SMILES string of the molecule is O=C1OCCCN1Cc1ccc(Br)s1. The number of nitrogens with zero attached hydrogens (tertiary/aromatic N) is 1. The first kappa shape index (κ1) is 9.98. The number of ether oxygens (including phenoxy) is 1. The topological polar surface area (TPSA) is 29.5 Å². The molecule has 0 spiro atoms. The smallest absolute Gasteiger partial charge is 0.410 e. The van der Waals surface area contributed by atoms with E-state index in [0.29, 0.717) is 13.2 Å². The van der Waals surface area contributed by atoms with Crippen molar-refractivity contribution >= 4 is 33.4 Å². The number of cyclic esters (lactones) is 1. The molecule has 0 aliphatic carbocycles. The van der Waals surface area contributed by atoms with E-state index in [1.807, 2.05) is 12.1 Å². The second-order valence-electron chi connectivity index (χ2n) is 3.10. The summed E-state index contributed by atoms with van der Waals surface area (Å²) in [5, 5.41) is 0. The summed E-state index contributed by atoms with van der Waals surface area (Å²) < 4.78 is 6.04. The van der Waals surface area contributed by atoms with Crippen LogP contribution >= 0.6 is 27.3 Å². The Hall–Kier alpha value is -0.550. The fraction of sp³-hybridized carbons (Fsp3) is 0.444. The summed E-state index contributed by atoms with van der Waals surface area (Å²) in [6.45, 7) is 2.02. The van der Waals surface area contributed by atoms with Crippen LogP contribution in [0.1, 0.15) is 11.3 Å². The van der Waals surface area contributed by atoms with E-state index in [-0.39, 0.29) is 6.09 Å². The predicted octanol–water partition coefficient (Wildman–Crippen LogP) is 2.85. The fourth-order valence-electron chi connectivity index (χ4n) is 1.37. The average molecular weight is 276 g/mol. The third-order valence-electron chi connectivity index (χ3n) is 2.03. The van der Waals surface area contributed by atoms with Crippen LogP contribution in [0.4, 0.5) is 4.79 Å². The predicted molar refractivity (Wildman–Crippen MR) is 58.4 cm³/mol. The van der Waals surface area contributed by atoms with Gasteiger partial charge in [0, 0.05) is 11.4 Å². The molecule has 1 aliphatic rings. The highest BCUT2D eigenvalue weighted by Gasteiger charge is 2.19. The van der Waals surface area contributed by atoms with Crippen LogP contribution in [-0.2, 0) is 11.3 Å². The van der Waals surface area contributed by atoms with Crippen molar-refractivity contribution < 1.29 is 9.53 Å². The maximum absolute atomic E-state index is 11.3. The lowest BCUT2D eigenvalue weighted by molar-refractivity contribution is 0.0704. The summed E-state index contributed by atoms with van der Waals surface area (Å²) in [5.41, 5.74) is 0. The molecule has 0 radical (unpaired) electrons. The Morgan fingerprint density at radius 3 is 3.07 bits per heavy atom. The van der Waals surface area contributed by atoms with Gasteiger partial charge < -0.3 is 9.64 Å². The zero-order valence-electron chi connectivity index (χ0n) is 7.53. The number of hydrogen-bond acceptors (Lipinski definition) is 3. The number of thiophene rings is 1. The molecule has 2 rings (SSSR count). The van der Waals surface area contributed by atoms with Gasteiger partial charge >= 0.3 is 6.09 Å². The molecule has 1 aromatic rings. The zero-order chi connectivity index (χ0) is 9.97. The van der Waals surface area contributed by atoms with Crippen LogP contribution in [-0.4, -0.2) is 24.1 Å². The Balaban J connectivity index is 1.99. The van der Waals surface area contributed by atoms with Gasteiger partial charge in [-0.15, -0.1) is 11.3 Å². The van der Waals surface area contributed by atoms with E-state index in [4.69, 9.17) is 4.74 Å². The van der Waals surface area contributed by atoms with Gasteiger partial charge in [0.05, 0.1) is 16.9 Å². The van der Waals surface area contributed by atoms with Crippen molar-refractivity contribution in [3.63, 3.8) is 0 Å². The molecule has 76 valence electrons. The fourth-order valence-corrected chi connectivity index (χ4v) is 2.86. The lowest BCUT2D eigenvalue weighted by Crippen LogP contribution is -2.36. The lowest BCUT2D eigenvalue weighted by atomic mass is 10.3. The third-order valence-corrected chi connectivity index (χ3v) is 3.64. The van der Waals surface area contributed by atoms with E-state index >= 15 is 0 Å². The summed E-state index contributed by atoms with van der Waals surface area (Å²) in [6.07, 6.45) is 0.735. The molecule has 5 heteroatoms. The lowest BCUT2D eigenvalue weighted by Gasteiger charge is -2.25. The van der Waals surface area contributed by atoms with Crippen LogP contribution in [0.3, 0.4) is 0 Å². The van der Waals surface area contributed by atoms with Crippen LogP contribution in [0.25, 0.3) is 0 Å². The van der Waals surface area contributed by atoms with Crippen LogP contribution in [0.2, 0.25) is 0 Å². The molecular formula is C9H10BrNO2S. The van der Waals surface area contributed by atoms with E-state index in [0.717, 1.165) is 16.8 Å². The molecule has 3 nitrogen and oxygen atoms in total. The minimum atomic E-state index is -0.194. The molecule has 1 saturated heterocycles. The standard InChI is InChI=1S/C9H10BrNO2S/c10-8-3-2-7(14-8)6-11-4-1-5-13-9(11)12/h2-3H,1,4-6H2. The number of hydrogen-bond donors (Lipinski definition) is 0. The molecule has 0 saturated carbocycles. The molecule has 1 aromatic heterocycles. The van der Waals surface area contributed by atoms with Crippen LogP contribution < -0.4 is 0 Å². The van der Waals surface area contributed by atoms with E-state index in [1.54, 1.807) is 16.2 Å². The van der Waals surface area contributed by atoms with Crippen LogP contribution in [0, 0.1) is 0 Å². The van der Waals surface area contributed by atoms with Crippen molar-refractivity contribution in [2.75, 3.05) is 13.2 Å². The monoisotopic (exact) mass is 275 g/mol. The van der Waals surface area contributed by atoms with Crippen molar-refractivity contribution in [3.05, 3.63) is 20.8 Å². The van der Waals surface area contributed by atoms with Gasteiger partial charge in [0.2, 0.25) is 0 Å². The highest BCUT2D eigenvalue weighted by molar-refractivity contribution is 9.11. The maximum atomic E-state index is 11.3. The summed E-state index contributed by atoms with van der Waals surface area (Å²) >= 11 is 5.05. The molecule has 2 heterocycles. The van der Waals surface area contributed by atoms with Gasteiger partial charge in [-0.25, -0.2) is 4.79 Å². The molecule has 1 aliphatic heterocycles. The highest BCUT2D eigenvalue weighted by atomic mass is 79.9. The first-order chi connectivity index (χ1) is 6.75. The highest BCUT2D eigenvalue weighted by Crippen LogP contribution is 2.24.